The van der Waals surface area contributed by atoms with Gasteiger partial charge >= 0.3 is 0 Å². The van der Waals surface area contributed by atoms with Gasteiger partial charge in [-0.25, -0.2) is 13.8 Å². The highest BCUT2D eigenvalue weighted by Crippen LogP contribution is 2.27. The summed E-state index contributed by atoms with van der Waals surface area (Å²) in [7, 11) is 1.87. The molecule has 4 rings (SSSR count). The third-order valence-corrected chi connectivity index (χ3v) is 5.67. The molecule has 1 N–H and O–H groups in total. The second-order valence-electron chi connectivity index (χ2n) is 8.25. The first-order valence-corrected chi connectivity index (χ1v) is 11.0. The number of halogens is 2. The number of nitrogens with zero attached hydrogens (tertiary/aromatic N) is 3. The average molecular weight is 445 g/mol. The van der Waals surface area contributed by atoms with Crippen LogP contribution in [0.4, 0.5) is 8.78 Å². The molecule has 2 aliphatic rings. The maximum atomic E-state index is 12.4. The van der Waals surface area contributed by atoms with Crippen LogP contribution in [0.2, 0.25) is 0 Å². The zero-order chi connectivity index (χ0) is 23.1. The van der Waals surface area contributed by atoms with Gasteiger partial charge in [0.05, 0.1) is 0 Å². The molecule has 3 heterocycles. The Kier molecular flexibility index (Phi) is 7.90. The molecule has 0 aromatic carbocycles. The summed E-state index contributed by atoms with van der Waals surface area (Å²) in [5.41, 5.74) is 3.31. The number of hydrogen-bond acceptors (Lipinski definition) is 4. The number of rotatable bonds is 5. The molecule has 32 heavy (non-hydrogen) atoms. The van der Waals surface area contributed by atoms with E-state index in [9.17, 15) is 18.4 Å². The van der Waals surface area contributed by atoms with Crippen molar-refractivity contribution < 1.29 is 18.4 Å². The van der Waals surface area contributed by atoms with Crippen molar-refractivity contribution in [3.8, 4) is 0 Å². The van der Waals surface area contributed by atoms with Crippen molar-refractivity contribution in [3.63, 3.8) is 0 Å². The van der Waals surface area contributed by atoms with Crippen LogP contribution in [0, 0.1) is 0 Å². The summed E-state index contributed by atoms with van der Waals surface area (Å²) in [6.45, 7) is 3.81. The van der Waals surface area contributed by atoms with E-state index in [0.29, 0.717) is 31.6 Å². The highest BCUT2D eigenvalue weighted by molar-refractivity contribution is 5.95. The van der Waals surface area contributed by atoms with E-state index >= 15 is 0 Å². The summed E-state index contributed by atoms with van der Waals surface area (Å²) < 4.78 is 26.7. The first kappa shape index (κ1) is 23.8. The number of alkyl halides is 2. The van der Waals surface area contributed by atoms with Crippen LogP contribution in [0.25, 0.3) is 16.7 Å². The minimum Gasteiger partial charge on any atom is -0.352 e. The van der Waals surface area contributed by atoms with Crippen LogP contribution in [0.3, 0.4) is 0 Å². The Morgan fingerprint density at radius 2 is 2.00 bits per heavy atom. The molecule has 0 saturated carbocycles. The number of carbonyl (C=O) groups excluding carboxylic acids is 2. The monoisotopic (exact) mass is 444 g/mol. The molecule has 8 heteroatoms. The first-order chi connectivity index (χ1) is 15.3. The Balaban J connectivity index is 0.000000269. The summed E-state index contributed by atoms with van der Waals surface area (Å²) in [4.78, 5) is 29.1. The number of aldehydes is 1. The minimum atomic E-state index is -2.38. The SMILES string of the molecule is CCCNC(=O)C1=CC=C(n2ccc3cc(C=O)cnc32)CC1.CN1CCC(F)(F)CC1. The number of amides is 1. The van der Waals surface area contributed by atoms with Crippen molar-refractivity contribution in [3.05, 3.63) is 47.8 Å². The predicted octanol–water partition coefficient (Wildman–Crippen LogP) is 4.28. The lowest BCUT2D eigenvalue weighted by molar-refractivity contribution is -0.117. The summed E-state index contributed by atoms with van der Waals surface area (Å²) in [5, 5.41) is 3.84. The molecule has 1 saturated heterocycles. The minimum absolute atomic E-state index is 0.0215. The van der Waals surface area contributed by atoms with Gasteiger partial charge < -0.3 is 14.8 Å². The summed E-state index contributed by atoms with van der Waals surface area (Å²) >= 11 is 0. The van der Waals surface area contributed by atoms with Gasteiger partial charge in [0.15, 0.2) is 6.29 Å². The van der Waals surface area contributed by atoms with Crippen LogP contribution < -0.4 is 5.32 Å². The molecule has 0 spiro atoms. The number of pyridine rings is 1. The second kappa shape index (κ2) is 10.6. The molecule has 0 radical (unpaired) electrons. The van der Waals surface area contributed by atoms with Gasteiger partial charge in [-0.05, 0) is 44.5 Å². The molecule has 172 valence electrons. The van der Waals surface area contributed by atoms with Crippen LogP contribution >= 0.6 is 0 Å². The topological polar surface area (TPSA) is 67.2 Å². The van der Waals surface area contributed by atoms with E-state index in [-0.39, 0.29) is 18.7 Å². The number of allylic oxidation sites excluding steroid dienone is 3. The number of hydrogen-bond donors (Lipinski definition) is 1. The van der Waals surface area contributed by atoms with E-state index in [1.807, 2.05) is 53.9 Å². The van der Waals surface area contributed by atoms with Crippen molar-refractivity contribution in [2.24, 2.45) is 0 Å². The van der Waals surface area contributed by atoms with E-state index in [2.05, 4.69) is 10.3 Å². The van der Waals surface area contributed by atoms with Gasteiger partial charge in [0.25, 0.3) is 5.92 Å². The summed E-state index contributed by atoms with van der Waals surface area (Å²) in [5.74, 6) is -2.36. The smallest absolute Gasteiger partial charge is 0.250 e. The van der Waals surface area contributed by atoms with Gasteiger partial charge in [-0.3, -0.25) is 9.59 Å². The van der Waals surface area contributed by atoms with Crippen molar-refractivity contribution in [1.82, 2.24) is 19.8 Å². The highest BCUT2D eigenvalue weighted by Gasteiger charge is 2.32. The number of carbonyl (C=O) groups is 2. The van der Waals surface area contributed by atoms with Crippen LogP contribution in [0.1, 0.15) is 49.4 Å². The normalized spacial score (nSPS) is 18.2. The fourth-order valence-corrected chi connectivity index (χ4v) is 3.65. The molecule has 1 fully saturated rings. The molecular weight excluding hydrogens is 414 g/mol. The molecule has 0 unspecified atom stereocenters. The lowest BCUT2D eigenvalue weighted by Crippen LogP contribution is -2.36. The lowest BCUT2D eigenvalue weighted by Gasteiger charge is -2.28. The summed E-state index contributed by atoms with van der Waals surface area (Å²) in [6, 6.07) is 3.78. The summed E-state index contributed by atoms with van der Waals surface area (Å²) in [6.07, 6.45) is 10.7. The van der Waals surface area contributed by atoms with E-state index in [0.717, 1.165) is 41.4 Å². The van der Waals surface area contributed by atoms with Crippen LogP contribution in [-0.4, -0.2) is 59.2 Å². The van der Waals surface area contributed by atoms with E-state index in [1.54, 1.807) is 6.20 Å². The van der Waals surface area contributed by atoms with Gasteiger partial charge in [-0.2, -0.15) is 0 Å². The number of fused-ring (bicyclic) bond motifs is 1. The van der Waals surface area contributed by atoms with E-state index < -0.39 is 5.92 Å². The van der Waals surface area contributed by atoms with Gasteiger partial charge in [-0.1, -0.05) is 13.0 Å². The largest absolute Gasteiger partial charge is 0.352 e. The third-order valence-electron chi connectivity index (χ3n) is 5.67. The Labute approximate surface area is 187 Å². The van der Waals surface area contributed by atoms with Gasteiger partial charge in [0.2, 0.25) is 5.91 Å². The standard InChI is InChI=1S/C18H19N3O2.C6H11F2N/c1-2-8-19-18(23)14-3-5-16(6-4-14)21-9-7-15-10-13(12-22)11-20-17(15)21;1-9-4-2-6(7,8)3-5-9/h3,5,7,9-12H,2,4,6,8H2,1H3,(H,19,23);2-5H2,1H3. The average Bonchev–Trinajstić information content (AvgIpc) is 3.23. The van der Waals surface area contributed by atoms with E-state index in [1.165, 1.54) is 0 Å². The molecule has 2 aromatic rings. The van der Waals surface area contributed by atoms with Crippen molar-refractivity contribution in [2.75, 3.05) is 26.7 Å². The Hall–Kier alpha value is -2.87. The molecule has 0 bridgehead atoms. The van der Waals surface area contributed by atoms with Gasteiger partial charge in [-0.15, -0.1) is 0 Å². The number of piperidine rings is 1. The molecule has 1 aliphatic heterocycles. The highest BCUT2D eigenvalue weighted by atomic mass is 19.3. The van der Waals surface area contributed by atoms with Crippen LogP contribution in [0.15, 0.2) is 42.3 Å². The lowest BCUT2D eigenvalue weighted by atomic mass is 10.0. The Morgan fingerprint density at radius 3 is 2.59 bits per heavy atom. The zero-order valence-electron chi connectivity index (χ0n) is 18.6. The van der Waals surface area contributed by atoms with Crippen molar-refractivity contribution >= 4 is 28.9 Å². The van der Waals surface area contributed by atoms with Crippen molar-refractivity contribution in [1.29, 1.82) is 0 Å². The Morgan fingerprint density at radius 1 is 1.25 bits per heavy atom. The third kappa shape index (κ3) is 6.09. The first-order valence-electron chi connectivity index (χ1n) is 11.0. The maximum Gasteiger partial charge on any atom is 0.250 e. The van der Waals surface area contributed by atoms with Gasteiger partial charge in [0.1, 0.15) is 5.65 Å². The Bertz CT molecular complexity index is 1020. The molecular formula is C24H30F2N4O2. The van der Waals surface area contributed by atoms with Crippen LogP contribution in [0.5, 0.6) is 0 Å². The maximum absolute atomic E-state index is 12.4. The molecule has 1 aliphatic carbocycles. The zero-order valence-corrected chi connectivity index (χ0v) is 18.6. The second-order valence-corrected chi connectivity index (χ2v) is 8.25. The molecule has 1 amide bonds. The molecule has 6 nitrogen and oxygen atoms in total. The van der Waals surface area contributed by atoms with Gasteiger partial charge in [0, 0.05) is 67.1 Å². The van der Waals surface area contributed by atoms with Crippen LogP contribution in [-0.2, 0) is 4.79 Å². The molecule has 0 atom stereocenters. The number of likely N-dealkylation sites (tertiary alicyclic amines) is 1. The fraction of sp³-hybridized carbons (Fsp3) is 0.458. The number of nitrogens with one attached hydrogen (secondary N) is 1. The van der Waals surface area contributed by atoms with Crippen molar-refractivity contribution in [2.45, 2.75) is 45.0 Å². The van der Waals surface area contributed by atoms with E-state index in [4.69, 9.17) is 0 Å². The molecule has 2 aromatic heterocycles. The quantitative estimate of drug-likeness (QED) is 0.699. The predicted molar refractivity (Wildman–Crippen MR) is 122 cm³/mol. The fourth-order valence-electron chi connectivity index (χ4n) is 3.65. The number of aromatic nitrogens is 2.